The minimum absolute atomic E-state index is 0.152. The number of nitrogens with one attached hydrogen (secondary N) is 1. The lowest BCUT2D eigenvalue weighted by Gasteiger charge is -1.99. The number of carbonyl (C=O) groups excluding carboxylic acids is 1. The van der Waals surface area contributed by atoms with Gasteiger partial charge in [0.25, 0.3) is 5.91 Å². The summed E-state index contributed by atoms with van der Waals surface area (Å²) in [5.41, 5.74) is 1.42. The summed E-state index contributed by atoms with van der Waals surface area (Å²) in [6.07, 6.45) is 2.20. The first-order valence-electron chi connectivity index (χ1n) is 6.48. The van der Waals surface area contributed by atoms with Crippen molar-refractivity contribution in [1.29, 1.82) is 0 Å². The van der Waals surface area contributed by atoms with E-state index in [2.05, 4.69) is 15.6 Å². The fourth-order valence-electron chi connectivity index (χ4n) is 1.88. The van der Waals surface area contributed by atoms with Crippen LogP contribution in [-0.4, -0.2) is 32.0 Å². The molecular formula is C13H16N4O4. The second-order valence-electron chi connectivity index (χ2n) is 4.55. The maximum absolute atomic E-state index is 11.9. The van der Waals surface area contributed by atoms with Gasteiger partial charge in [0, 0.05) is 6.42 Å². The number of nitrogens with zero attached hydrogens (tertiary/aromatic N) is 3. The average molecular weight is 292 g/mol. The Morgan fingerprint density at radius 1 is 1.48 bits per heavy atom. The second-order valence-corrected chi connectivity index (χ2v) is 4.55. The number of hydrogen-bond donors (Lipinski definition) is 2. The van der Waals surface area contributed by atoms with Crippen molar-refractivity contribution in [2.45, 2.75) is 33.4 Å². The van der Waals surface area contributed by atoms with E-state index in [1.807, 2.05) is 13.8 Å². The highest BCUT2D eigenvalue weighted by atomic mass is 16.4. The Hall–Kier alpha value is -2.64. The van der Waals surface area contributed by atoms with Gasteiger partial charge in [-0.15, -0.1) is 5.10 Å². The Bertz CT molecular complexity index is 659. The Morgan fingerprint density at radius 3 is 2.86 bits per heavy atom. The molecule has 2 heterocycles. The van der Waals surface area contributed by atoms with E-state index < -0.39 is 5.97 Å². The van der Waals surface area contributed by atoms with Gasteiger partial charge in [-0.3, -0.25) is 9.59 Å². The third-order valence-electron chi connectivity index (χ3n) is 2.88. The van der Waals surface area contributed by atoms with Crippen molar-refractivity contribution in [2.75, 3.05) is 0 Å². The van der Waals surface area contributed by atoms with Crippen LogP contribution in [0.3, 0.4) is 0 Å². The summed E-state index contributed by atoms with van der Waals surface area (Å²) < 4.78 is 6.63. The van der Waals surface area contributed by atoms with E-state index in [0.717, 1.165) is 17.7 Å². The van der Waals surface area contributed by atoms with E-state index in [4.69, 9.17) is 9.52 Å². The highest BCUT2D eigenvalue weighted by Crippen LogP contribution is 2.15. The first kappa shape index (κ1) is 14.8. The van der Waals surface area contributed by atoms with Crippen molar-refractivity contribution in [2.24, 2.45) is 0 Å². The number of carboxylic acid groups (broad SMARTS) is 1. The van der Waals surface area contributed by atoms with E-state index in [-0.39, 0.29) is 24.8 Å². The average Bonchev–Trinajstić information content (AvgIpc) is 3.02. The molecule has 0 aliphatic carbocycles. The summed E-state index contributed by atoms with van der Waals surface area (Å²) >= 11 is 0. The number of amides is 1. The first-order chi connectivity index (χ1) is 9.99. The molecule has 2 rings (SSSR count). The lowest BCUT2D eigenvalue weighted by atomic mass is 10.2. The maximum atomic E-state index is 11.9. The highest BCUT2D eigenvalue weighted by Gasteiger charge is 2.14. The van der Waals surface area contributed by atoms with Gasteiger partial charge in [0.05, 0.1) is 12.7 Å². The molecule has 0 saturated heterocycles. The number of rotatable bonds is 6. The van der Waals surface area contributed by atoms with E-state index in [1.54, 1.807) is 6.07 Å². The number of carboxylic acids is 1. The van der Waals surface area contributed by atoms with Gasteiger partial charge in [-0.05, 0) is 18.6 Å². The summed E-state index contributed by atoms with van der Waals surface area (Å²) in [5, 5.41) is 18.7. The zero-order chi connectivity index (χ0) is 15.4. The number of furan rings is 1. The van der Waals surface area contributed by atoms with Gasteiger partial charge in [-0.25, -0.2) is 4.68 Å². The SMILES string of the molecule is CCc1oc(C(=O)NCc2cn(CC(=O)O)nn2)cc1C. The number of aliphatic carboxylic acids is 1. The van der Waals surface area contributed by atoms with Crippen LogP contribution in [0.1, 0.15) is 34.5 Å². The van der Waals surface area contributed by atoms with Crippen LogP contribution in [0.25, 0.3) is 0 Å². The number of hydrogen-bond acceptors (Lipinski definition) is 5. The molecule has 8 nitrogen and oxygen atoms in total. The minimum atomic E-state index is -1.01. The zero-order valence-electron chi connectivity index (χ0n) is 11.8. The molecule has 0 bridgehead atoms. The van der Waals surface area contributed by atoms with Gasteiger partial charge in [-0.1, -0.05) is 12.1 Å². The Kier molecular flexibility index (Phi) is 4.36. The van der Waals surface area contributed by atoms with Gasteiger partial charge in [0.2, 0.25) is 0 Å². The third-order valence-corrected chi connectivity index (χ3v) is 2.88. The summed E-state index contributed by atoms with van der Waals surface area (Å²) in [6.45, 7) is 3.72. The molecule has 0 radical (unpaired) electrons. The molecule has 0 aromatic carbocycles. The van der Waals surface area contributed by atoms with Crippen molar-refractivity contribution in [1.82, 2.24) is 20.3 Å². The quantitative estimate of drug-likeness (QED) is 0.813. The molecule has 0 aliphatic heterocycles. The number of aryl methyl sites for hydroxylation is 2. The molecule has 0 unspecified atom stereocenters. The molecule has 112 valence electrons. The van der Waals surface area contributed by atoms with Crippen LogP contribution < -0.4 is 5.32 Å². The van der Waals surface area contributed by atoms with Crippen LogP contribution in [0.5, 0.6) is 0 Å². The predicted octanol–water partition coefficient (Wildman–Crippen LogP) is 0.757. The van der Waals surface area contributed by atoms with E-state index in [9.17, 15) is 9.59 Å². The molecule has 0 atom stereocenters. The Labute approximate surface area is 120 Å². The van der Waals surface area contributed by atoms with Gasteiger partial charge in [0.1, 0.15) is 18.0 Å². The molecule has 0 aliphatic rings. The first-order valence-corrected chi connectivity index (χ1v) is 6.48. The smallest absolute Gasteiger partial charge is 0.325 e. The minimum Gasteiger partial charge on any atom is -0.480 e. The predicted molar refractivity (Wildman–Crippen MR) is 71.7 cm³/mol. The number of carbonyl (C=O) groups is 2. The standard InChI is InChI=1S/C13H16N4O4/c1-3-10-8(2)4-11(21-10)13(20)14-5-9-6-17(16-15-9)7-12(18)19/h4,6H,3,5,7H2,1-2H3,(H,14,20)(H,18,19). The van der Waals surface area contributed by atoms with Gasteiger partial charge in [0.15, 0.2) is 5.76 Å². The van der Waals surface area contributed by atoms with E-state index >= 15 is 0 Å². The van der Waals surface area contributed by atoms with Crippen molar-refractivity contribution < 1.29 is 19.1 Å². The second kappa shape index (κ2) is 6.21. The van der Waals surface area contributed by atoms with Gasteiger partial charge >= 0.3 is 5.97 Å². The van der Waals surface area contributed by atoms with Crippen LogP contribution in [0.2, 0.25) is 0 Å². The largest absolute Gasteiger partial charge is 0.480 e. The fourth-order valence-corrected chi connectivity index (χ4v) is 1.88. The molecule has 1 amide bonds. The zero-order valence-corrected chi connectivity index (χ0v) is 11.8. The maximum Gasteiger partial charge on any atom is 0.325 e. The lowest BCUT2D eigenvalue weighted by molar-refractivity contribution is -0.137. The molecular weight excluding hydrogens is 276 g/mol. The fraction of sp³-hybridized carbons (Fsp3) is 0.385. The summed E-state index contributed by atoms with van der Waals surface area (Å²) in [4.78, 5) is 22.5. The van der Waals surface area contributed by atoms with E-state index in [0.29, 0.717) is 5.69 Å². The third kappa shape index (κ3) is 3.68. The molecule has 2 N–H and O–H groups in total. The van der Waals surface area contributed by atoms with Crippen LogP contribution >= 0.6 is 0 Å². The summed E-state index contributed by atoms with van der Waals surface area (Å²) in [7, 11) is 0. The molecule has 0 spiro atoms. The van der Waals surface area contributed by atoms with Crippen LogP contribution in [0.15, 0.2) is 16.7 Å². The highest BCUT2D eigenvalue weighted by molar-refractivity contribution is 5.91. The van der Waals surface area contributed by atoms with Crippen molar-refractivity contribution in [3.05, 3.63) is 35.0 Å². The van der Waals surface area contributed by atoms with Crippen molar-refractivity contribution in [3.8, 4) is 0 Å². The molecule has 8 heteroatoms. The molecule has 21 heavy (non-hydrogen) atoms. The summed E-state index contributed by atoms with van der Waals surface area (Å²) in [6, 6.07) is 1.69. The van der Waals surface area contributed by atoms with Gasteiger partial charge in [-0.2, -0.15) is 0 Å². The van der Waals surface area contributed by atoms with Crippen molar-refractivity contribution in [3.63, 3.8) is 0 Å². The van der Waals surface area contributed by atoms with Crippen LogP contribution in [-0.2, 0) is 24.3 Å². The van der Waals surface area contributed by atoms with Crippen molar-refractivity contribution >= 4 is 11.9 Å². The Balaban J connectivity index is 1.94. The molecule has 2 aromatic heterocycles. The number of aromatic nitrogens is 3. The van der Waals surface area contributed by atoms with Crippen LogP contribution in [0, 0.1) is 6.92 Å². The molecule has 0 fully saturated rings. The molecule has 2 aromatic rings. The summed E-state index contributed by atoms with van der Waals surface area (Å²) in [5.74, 6) is -0.311. The van der Waals surface area contributed by atoms with Gasteiger partial charge < -0.3 is 14.8 Å². The molecule has 0 saturated carbocycles. The van der Waals surface area contributed by atoms with E-state index in [1.165, 1.54) is 10.9 Å². The monoisotopic (exact) mass is 292 g/mol. The normalized spacial score (nSPS) is 10.6. The Morgan fingerprint density at radius 2 is 2.24 bits per heavy atom. The topological polar surface area (TPSA) is 110 Å². The van der Waals surface area contributed by atoms with Crippen LogP contribution in [0.4, 0.5) is 0 Å². The lowest BCUT2D eigenvalue weighted by Crippen LogP contribution is -2.22.